The third-order valence-corrected chi connectivity index (χ3v) is 4.06. The molecule has 14 heavy (non-hydrogen) atoms. The maximum atomic E-state index is 10.4. The van der Waals surface area contributed by atoms with Crippen molar-refractivity contribution in [2.24, 2.45) is 0 Å². The number of thioether (sulfide) groups is 2. The minimum absolute atomic E-state index is 0.421. The number of aliphatic carboxylic acids is 2. The van der Waals surface area contributed by atoms with Crippen LogP contribution in [0.5, 0.6) is 0 Å². The Hall–Kier alpha value is -0.360. The lowest BCUT2D eigenvalue weighted by Crippen LogP contribution is -2.14. The predicted octanol–water partition coefficient (Wildman–Crippen LogP) is 1.40. The van der Waals surface area contributed by atoms with Crippen LogP contribution in [0.15, 0.2) is 0 Å². The molecule has 0 aliphatic heterocycles. The zero-order valence-corrected chi connectivity index (χ0v) is 9.73. The van der Waals surface area contributed by atoms with E-state index in [1.54, 1.807) is 13.8 Å². The maximum Gasteiger partial charge on any atom is 0.316 e. The molecular weight excluding hydrogens is 224 g/mol. The van der Waals surface area contributed by atoms with Gasteiger partial charge in [-0.2, -0.15) is 0 Å². The molecule has 2 atom stereocenters. The average molecular weight is 238 g/mol. The number of hydrogen-bond donors (Lipinski definition) is 2. The fraction of sp³-hybridized carbons (Fsp3) is 0.750. The minimum Gasteiger partial charge on any atom is -0.480 e. The maximum absolute atomic E-state index is 10.4. The second-order valence-electron chi connectivity index (χ2n) is 2.70. The molecule has 0 unspecified atom stereocenters. The summed E-state index contributed by atoms with van der Waals surface area (Å²) in [6, 6.07) is 0. The Bertz CT molecular complexity index is 186. The van der Waals surface area contributed by atoms with Crippen LogP contribution in [0.2, 0.25) is 0 Å². The molecular formula is C8H14O4S2. The van der Waals surface area contributed by atoms with Crippen molar-refractivity contribution < 1.29 is 19.8 Å². The van der Waals surface area contributed by atoms with Crippen molar-refractivity contribution in [3.63, 3.8) is 0 Å². The van der Waals surface area contributed by atoms with Crippen molar-refractivity contribution in [2.75, 3.05) is 11.5 Å². The predicted molar refractivity (Wildman–Crippen MR) is 59.1 cm³/mol. The van der Waals surface area contributed by atoms with E-state index >= 15 is 0 Å². The van der Waals surface area contributed by atoms with E-state index in [1.807, 2.05) is 0 Å². The molecule has 82 valence electrons. The first-order valence-electron chi connectivity index (χ1n) is 4.14. The van der Waals surface area contributed by atoms with Gasteiger partial charge in [-0.25, -0.2) is 0 Å². The normalized spacial score (nSPS) is 14.7. The van der Waals surface area contributed by atoms with Crippen LogP contribution in [0, 0.1) is 0 Å². The lowest BCUT2D eigenvalue weighted by Gasteiger charge is -2.07. The lowest BCUT2D eigenvalue weighted by molar-refractivity contribution is -0.137. The molecule has 0 saturated carbocycles. The van der Waals surface area contributed by atoms with Gasteiger partial charge in [0.25, 0.3) is 0 Å². The second-order valence-corrected chi connectivity index (χ2v) is 5.60. The first-order chi connectivity index (χ1) is 6.45. The molecule has 0 spiro atoms. The van der Waals surface area contributed by atoms with Crippen molar-refractivity contribution in [3.05, 3.63) is 0 Å². The van der Waals surface area contributed by atoms with Crippen LogP contribution in [0.1, 0.15) is 13.8 Å². The molecule has 0 bridgehead atoms. The summed E-state index contributed by atoms with van der Waals surface area (Å²) in [5.41, 5.74) is 0. The summed E-state index contributed by atoms with van der Waals surface area (Å²) in [6.45, 7) is 3.25. The number of carbonyl (C=O) groups is 2. The van der Waals surface area contributed by atoms with Crippen molar-refractivity contribution >= 4 is 35.5 Å². The van der Waals surface area contributed by atoms with Gasteiger partial charge in [0.15, 0.2) is 0 Å². The van der Waals surface area contributed by atoms with Crippen LogP contribution >= 0.6 is 23.5 Å². The number of hydrogen-bond acceptors (Lipinski definition) is 4. The first kappa shape index (κ1) is 13.6. The van der Waals surface area contributed by atoms with E-state index < -0.39 is 22.4 Å². The molecule has 0 aliphatic rings. The first-order valence-corrected chi connectivity index (χ1v) is 6.23. The summed E-state index contributed by atoms with van der Waals surface area (Å²) >= 11 is 2.65. The minimum atomic E-state index is -0.828. The van der Waals surface area contributed by atoms with E-state index in [0.717, 1.165) is 0 Å². The van der Waals surface area contributed by atoms with Crippen molar-refractivity contribution in [1.29, 1.82) is 0 Å². The highest BCUT2D eigenvalue weighted by Gasteiger charge is 2.13. The molecule has 0 aliphatic carbocycles. The van der Waals surface area contributed by atoms with Gasteiger partial charge in [0.1, 0.15) is 0 Å². The Morgan fingerprint density at radius 1 is 1.00 bits per heavy atom. The topological polar surface area (TPSA) is 74.6 Å². The summed E-state index contributed by atoms with van der Waals surface area (Å²) in [5.74, 6) is -0.330. The monoisotopic (exact) mass is 238 g/mol. The third-order valence-electron chi connectivity index (χ3n) is 1.51. The molecule has 4 nitrogen and oxygen atoms in total. The van der Waals surface area contributed by atoms with E-state index in [1.165, 1.54) is 23.5 Å². The van der Waals surface area contributed by atoms with E-state index in [-0.39, 0.29) is 0 Å². The quantitative estimate of drug-likeness (QED) is 0.653. The summed E-state index contributed by atoms with van der Waals surface area (Å²) in [7, 11) is 0. The molecule has 0 heterocycles. The lowest BCUT2D eigenvalue weighted by atomic mass is 10.5. The van der Waals surface area contributed by atoms with E-state index in [0.29, 0.717) is 11.5 Å². The third kappa shape index (κ3) is 6.15. The Kier molecular flexibility index (Phi) is 6.82. The zero-order valence-electron chi connectivity index (χ0n) is 8.10. The fourth-order valence-corrected chi connectivity index (χ4v) is 2.35. The Balaban J connectivity index is 3.47. The van der Waals surface area contributed by atoms with Gasteiger partial charge in [-0.05, 0) is 13.8 Å². The fourth-order valence-electron chi connectivity index (χ4n) is 0.592. The number of carboxylic acids is 2. The summed E-state index contributed by atoms with van der Waals surface area (Å²) in [5, 5.41) is 16.3. The Morgan fingerprint density at radius 3 is 1.50 bits per heavy atom. The molecule has 0 aromatic heterocycles. The Morgan fingerprint density at radius 2 is 1.29 bits per heavy atom. The Labute approximate surface area is 91.5 Å². The highest BCUT2D eigenvalue weighted by atomic mass is 32.2. The molecule has 0 radical (unpaired) electrons. The van der Waals surface area contributed by atoms with Gasteiger partial charge in [0.2, 0.25) is 0 Å². The van der Waals surface area contributed by atoms with Gasteiger partial charge in [0.05, 0.1) is 10.5 Å². The number of carboxylic acid groups (broad SMARTS) is 2. The largest absolute Gasteiger partial charge is 0.480 e. The number of rotatable bonds is 7. The second kappa shape index (κ2) is 7.00. The van der Waals surface area contributed by atoms with E-state index in [9.17, 15) is 9.59 Å². The summed E-state index contributed by atoms with van der Waals surface area (Å²) < 4.78 is 0. The molecule has 2 N–H and O–H groups in total. The summed E-state index contributed by atoms with van der Waals surface area (Å²) in [6.07, 6.45) is 0. The van der Waals surface area contributed by atoms with E-state index in [2.05, 4.69) is 0 Å². The van der Waals surface area contributed by atoms with Crippen LogP contribution in [0.4, 0.5) is 0 Å². The zero-order chi connectivity index (χ0) is 11.1. The highest BCUT2D eigenvalue weighted by Crippen LogP contribution is 2.16. The van der Waals surface area contributed by atoms with Crippen LogP contribution in [-0.2, 0) is 9.59 Å². The van der Waals surface area contributed by atoms with Crippen LogP contribution in [0.3, 0.4) is 0 Å². The molecule has 6 heteroatoms. The smallest absolute Gasteiger partial charge is 0.316 e. The molecule has 0 aromatic carbocycles. The summed E-state index contributed by atoms with van der Waals surface area (Å²) in [4.78, 5) is 20.8. The molecule has 0 aromatic rings. The van der Waals surface area contributed by atoms with Gasteiger partial charge in [-0.3, -0.25) is 9.59 Å². The average Bonchev–Trinajstić information content (AvgIpc) is 2.11. The van der Waals surface area contributed by atoms with Crippen molar-refractivity contribution in [2.45, 2.75) is 24.3 Å². The molecule has 0 rings (SSSR count). The van der Waals surface area contributed by atoms with Gasteiger partial charge in [-0.1, -0.05) is 0 Å². The van der Waals surface area contributed by atoms with Gasteiger partial charge in [0, 0.05) is 11.5 Å². The van der Waals surface area contributed by atoms with Gasteiger partial charge >= 0.3 is 11.9 Å². The highest BCUT2D eigenvalue weighted by molar-refractivity contribution is 8.04. The SMILES string of the molecule is C[C@@H](SCCS[C@H](C)C(=O)O)C(=O)O. The van der Waals surface area contributed by atoms with Crippen LogP contribution in [0.25, 0.3) is 0 Å². The van der Waals surface area contributed by atoms with Crippen LogP contribution in [-0.4, -0.2) is 44.2 Å². The standard InChI is InChI=1S/C8H14O4S2/c1-5(7(9)10)13-3-4-14-6(2)8(11)12/h5-6H,3-4H2,1-2H3,(H,9,10)(H,11,12)/t5-,6-/m1/s1. The van der Waals surface area contributed by atoms with Gasteiger partial charge < -0.3 is 10.2 Å². The van der Waals surface area contributed by atoms with Crippen LogP contribution < -0.4 is 0 Å². The van der Waals surface area contributed by atoms with Crippen molar-refractivity contribution in [1.82, 2.24) is 0 Å². The molecule has 0 saturated heterocycles. The van der Waals surface area contributed by atoms with Gasteiger partial charge in [-0.15, -0.1) is 23.5 Å². The molecule has 0 amide bonds. The van der Waals surface area contributed by atoms with Crippen molar-refractivity contribution in [3.8, 4) is 0 Å². The molecule has 0 fully saturated rings. The van der Waals surface area contributed by atoms with E-state index in [4.69, 9.17) is 10.2 Å².